The molecule has 0 saturated heterocycles. The van der Waals surface area contributed by atoms with Crippen LogP contribution in [-0.2, 0) is 4.79 Å². The number of hydrogen-bond acceptors (Lipinski definition) is 1. The second-order valence-electron chi connectivity index (χ2n) is 4.19. The van der Waals surface area contributed by atoms with Crippen molar-refractivity contribution >= 4 is 5.97 Å². The van der Waals surface area contributed by atoms with E-state index < -0.39 is 24.1 Å². The number of alkyl halides is 3. The van der Waals surface area contributed by atoms with E-state index in [9.17, 15) is 18.0 Å². The normalized spacial score (nSPS) is 19.8. The Morgan fingerprint density at radius 1 is 1.25 bits per heavy atom. The third kappa shape index (κ3) is 4.68. The Morgan fingerprint density at radius 2 is 1.81 bits per heavy atom. The first-order valence-electron chi connectivity index (χ1n) is 5.39. The van der Waals surface area contributed by atoms with Gasteiger partial charge in [0.25, 0.3) is 0 Å². The van der Waals surface area contributed by atoms with Crippen LogP contribution in [0.15, 0.2) is 11.6 Å². The second-order valence-corrected chi connectivity index (χ2v) is 4.19. The van der Waals surface area contributed by atoms with E-state index in [1.807, 2.05) is 0 Å². The highest BCUT2D eigenvalue weighted by molar-refractivity contribution is 5.86. The number of allylic oxidation sites excluding steroid dienone is 1. The summed E-state index contributed by atoms with van der Waals surface area (Å²) in [6.07, 6.45) is 0.155. The zero-order chi connectivity index (χ0) is 12.2. The van der Waals surface area contributed by atoms with Gasteiger partial charge in [0.15, 0.2) is 0 Å². The number of aliphatic carboxylic acids is 1. The molecule has 0 amide bonds. The van der Waals surface area contributed by atoms with Crippen LogP contribution >= 0.6 is 0 Å². The van der Waals surface area contributed by atoms with Gasteiger partial charge in [0.05, 0.1) is 6.42 Å². The van der Waals surface area contributed by atoms with E-state index in [1.54, 1.807) is 0 Å². The predicted octanol–water partition coefficient (Wildman–Crippen LogP) is 3.53. The number of rotatable bonds is 3. The van der Waals surface area contributed by atoms with Crippen LogP contribution in [0.25, 0.3) is 0 Å². The predicted molar refractivity (Wildman–Crippen MR) is 53.0 cm³/mol. The summed E-state index contributed by atoms with van der Waals surface area (Å²) in [5.41, 5.74) is -0.514. The van der Waals surface area contributed by atoms with Gasteiger partial charge < -0.3 is 5.11 Å². The molecule has 92 valence electrons. The number of carboxylic acid groups (broad SMARTS) is 1. The summed E-state index contributed by atoms with van der Waals surface area (Å²) >= 11 is 0. The quantitative estimate of drug-likeness (QED) is 0.761. The van der Waals surface area contributed by atoms with E-state index in [0.717, 1.165) is 32.1 Å². The van der Waals surface area contributed by atoms with Crippen molar-refractivity contribution in [1.82, 2.24) is 0 Å². The Bertz CT molecular complexity index is 275. The third-order valence-corrected chi connectivity index (χ3v) is 2.75. The van der Waals surface area contributed by atoms with Crippen LogP contribution in [0.4, 0.5) is 13.2 Å². The van der Waals surface area contributed by atoms with Crippen LogP contribution in [0.1, 0.15) is 38.5 Å². The molecule has 0 aliphatic heterocycles. The van der Waals surface area contributed by atoms with Crippen LogP contribution in [-0.4, -0.2) is 17.3 Å². The fourth-order valence-corrected chi connectivity index (χ4v) is 2.01. The molecule has 0 heterocycles. The Hall–Kier alpha value is -1.00. The van der Waals surface area contributed by atoms with Crippen molar-refractivity contribution in [1.29, 1.82) is 0 Å². The number of halogens is 3. The third-order valence-electron chi connectivity index (χ3n) is 2.75. The minimum atomic E-state index is -4.45. The highest BCUT2D eigenvalue weighted by atomic mass is 19.4. The van der Waals surface area contributed by atoms with E-state index >= 15 is 0 Å². The summed E-state index contributed by atoms with van der Waals surface area (Å²) in [7, 11) is 0. The molecule has 1 aliphatic carbocycles. The molecule has 1 saturated carbocycles. The molecule has 2 nitrogen and oxygen atoms in total. The van der Waals surface area contributed by atoms with Gasteiger partial charge in [-0.3, -0.25) is 0 Å². The molecule has 0 radical (unpaired) electrons. The minimum absolute atomic E-state index is 0.00204. The number of carboxylic acids is 1. The molecule has 0 aromatic heterocycles. The van der Waals surface area contributed by atoms with Crippen molar-refractivity contribution in [3.8, 4) is 0 Å². The molecular weight excluding hydrogens is 221 g/mol. The van der Waals surface area contributed by atoms with E-state index in [0.29, 0.717) is 0 Å². The Labute approximate surface area is 92.1 Å². The van der Waals surface area contributed by atoms with Crippen molar-refractivity contribution < 1.29 is 23.1 Å². The SMILES string of the molecule is O=C(O)C(=CC1CCCCC1)CC(F)(F)F. The van der Waals surface area contributed by atoms with E-state index in [1.165, 1.54) is 6.08 Å². The summed E-state index contributed by atoms with van der Waals surface area (Å²) in [6.45, 7) is 0. The maximum atomic E-state index is 12.1. The van der Waals surface area contributed by atoms with Crippen LogP contribution in [0.3, 0.4) is 0 Å². The Morgan fingerprint density at radius 3 is 2.25 bits per heavy atom. The first-order chi connectivity index (χ1) is 7.38. The van der Waals surface area contributed by atoms with E-state index in [-0.39, 0.29) is 5.92 Å². The van der Waals surface area contributed by atoms with Gasteiger partial charge in [-0.1, -0.05) is 25.3 Å². The van der Waals surface area contributed by atoms with Gasteiger partial charge in [0.1, 0.15) is 0 Å². The molecule has 0 unspecified atom stereocenters. The lowest BCUT2D eigenvalue weighted by Crippen LogP contribution is -2.15. The highest BCUT2D eigenvalue weighted by Crippen LogP contribution is 2.29. The Balaban J connectivity index is 2.68. The van der Waals surface area contributed by atoms with E-state index in [4.69, 9.17) is 5.11 Å². The first-order valence-corrected chi connectivity index (χ1v) is 5.39. The van der Waals surface area contributed by atoms with Crippen LogP contribution < -0.4 is 0 Å². The molecule has 1 fully saturated rings. The molecule has 1 aliphatic rings. The Kier molecular flexibility index (Phi) is 4.38. The first kappa shape index (κ1) is 13.1. The lowest BCUT2D eigenvalue weighted by atomic mass is 9.87. The molecule has 0 bridgehead atoms. The molecular formula is C11H15F3O2. The molecule has 0 aromatic rings. The van der Waals surface area contributed by atoms with Crippen LogP contribution in [0, 0.1) is 5.92 Å². The van der Waals surface area contributed by atoms with Gasteiger partial charge in [-0.25, -0.2) is 4.79 Å². The standard InChI is InChI=1S/C11H15F3O2/c12-11(13,14)7-9(10(15)16)6-8-4-2-1-3-5-8/h6,8H,1-5,7H2,(H,15,16). The summed E-state index contributed by atoms with van der Waals surface area (Å²) in [6, 6.07) is 0. The van der Waals surface area contributed by atoms with Gasteiger partial charge >= 0.3 is 12.1 Å². The molecule has 1 N–H and O–H groups in total. The monoisotopic (exact) mass is 236 g/mol. The highest BCUT2D eigenvalue weighted by Gasteiger charge is 2.31. The van der Waals surface area contributed by atoms with Crippen molar-refractivity contribution in [3.05, 3.63) is 11.6 Å². The zero-order valence-corrected chi connectivity index (χ0v) is 8.89. The average molecular weight is 236 g/mol. The summed E-state index contributed by atoms with van der Waals surface area (Å²) in [4.78, 5) is 10.7. The molecule has 5 heteroatoms. The molecule has 1 rings (SSSR count). The second kappa shape index (κ2) is 5.37. The van der Waals surface area contributed by atoms with E-state index in [2.05, 4.69) is 0 Å². The van der Waals surface area contributed by atoms with Gasteiger partial charge in [-0.05, 0) is 18.8 Å². The van der Waals surface area contributed by atoms with Gasteiger partial charge in [-0.2, -0.15) is 13.2 Å². The van der Waals surface area contributed by atoms with Crippen molar-refractivity contribution in [2.45, 2.75) is 44.7 Å². The lowest BCUT2D eigenvalue weighted by molar-refractivity contribution is -0.143. The minimum Gasteiger partial charge on any atom is -0.478 e. The van der Waals surface area contributed by atoms with Crippen LogP contribution in [0.2, 0.25) is 0 Å². The van der Waals surface area contributed by atoms with Gasteiger partial charge in [0, 0.05) is 5.57 Å². The zero-order valence-electron chi connectivity index (χ0n) is 8.89. The fourth-order valence-electron chi connectivity index (χ4n) is 2.01. The van der Waals surface area contributed by atoms with Crippen molar-refractivity contribution in [2.75, 3.05) is 0 Å². The molecule has 0 atom stereocenters. The topological polar surface area (TPSA) is 37.3 Å². The number of hydrogen-bond donors (Lipinski definition) is 1. The van der Waals surface area contributed by atoms with Gasteiger partial charge in [-0.15, -0.1) is 0 Å². The van der Waals surface area contributed by atoms with Crippen molar-refractivity contribution in [3.63, 3.8) is 0 Å². The fraction of sp³-hybridized carbons (Fsp3) is 0.727. The summed E-state index contributed by atoms with van der Waals surface area (Å²) in [5.74, 6) is -1.45. The molecule has 0 aromatic carbocycles. The molecule has 16 heavy (non-hydrogen) atoms. The molecule has 0 spiro atoms. The average Bonchev–Trinajstić information content (AvgIpc) is 2.16. The summed E-state index contributed by atoms with van der Waals surface area (Å²) in [5, 5.41) is 8.70. The van der Waals surface area contributed by atoms with Crippen LogP contribution in [0.5, 0.6) is 0 Å². The largest absolute Gasteiger partial charge is 0.478 e. The van der Waals surface area contributed by atoms with Gasteiger partial charge in [0.2, 0.25) is 0 Å². The lowest BCUT2D eigenvalue weighted by Gasteiger charge is -2.19. The number of carbonyl (C=O) groups is 1. The summed E-state index contributed by atoms with van der Waals surface area (Å²) < 4.78 is 36.3. The maximum Gasteiger partial charge on any atom is 0.393 e. The smallest absolute Gasteiger partial charge is 0.393 e. The maximum absolute atomic E-state index is 12.1. The van der Waals surface area contributed by atoms with Crippen molar-refractivity contribution in [2.24, 2.45) is 5.92 Å².